The van der Waals surface area contributed by atoms with Gasteiger partial charge in [0.25, 0.3) is 0 Å². The topological polar surface area (TPSA) is 29.1 Å². The van der Waals surface area contributed by atoms with E-state index in [1.807, 2.05) is 12.1 Å². The largest absolute Gasteiger partial charge is 0.326 e. The highest BCUT2D eigenvalue weighted by atomic mass is 79.9. The maximum Gasteiger partial charge on any atom is 0.228 e. The van der Waals surface area contributed by atoms with Crippen molar-refractivity contribution in [3.8, 4) is 0 Å². The summed E-state index contributed by atoms with van der Waals surface area (Å²) in [6, 6.07) is 10.8. The summed E-state index contributed by atoms with van der Waals surface area (Å²) in [6.45, 7) is 0. The van der Waals surface area contributed by atoms with Gasteiger partial charge in [-0.05, 0) is 35.4 Å². The molecule has 2 rings (SSSR count). The lowest BCUT2D eigenvalue weighted by atomic mass is 10.1. The standard InChI is InChI=1S/C15H12BrF2NO/c16-9-10-1-4-12(5-2-10)19-15(20)8-11-3-6-13(17)14(18)7-11/h1-7H,8-9H2,(H,19,20). The van der Waals surface area contributed by atoms with Crippen LogP contribution in [0.5, 0.6) is 0 Å². The zero-order valence-electron chi connectivity index (χ0n) is 10.5. The van der Waals surface area contributed by atoms with Crippen molar-refractivity contribution in [3.63, 3.8) is 0 Å². The Morgan fingerprint density at radius 2 is 1.65 bits per heavy atom. The summed E-state index contributed by atoms with van der Waals surface area (Å²) in [5.41, 5.74) is 2.20. The van der Waals surface area contributed by atoms with Crippen molar-refractivity contribution in [2.75, 3.05) is 5.32 Å². The second-order valence-corrected chi connectivity index (χ2v) is 4.86. The number of halogens is 3. The molecule has 0 aromatic heterocycles. The van der Waals surface area contributed by atoms with Crippen molar-refractivity contribution in [2.45, 2.75) is 11.8 Å². The molecule has 1 amide bonds. The third kappa shape index (κ3) is 3.87. The summed E-state index contributed by atoms with van der Waals surface area (Å²) in [7, 11) is 0. The Bertz CT molecular complexity index is 614. The lowest BCUT2D eigenvalue weighted by Crippen LogP contribution is -2.14. The molecule has 0 aliphatic heterocycles. The first-order valence-electron chi connectivity index (χ1n) is 5.97. The summed E-state index contributed by atoms with van der Waals surface area (Å²) in [5, 5.41) is 3.45. The second kappa shape index (κ2) is 6.61. The molecule has 20 heavy (non-hydrogen) atoms. The van der Waals surface area contributed by atoms with Crippen LogP contribution >= 0.6 is 15.9 Å². The number of carbonyl (C=O) groups excluding carboxylic acids is 1. The molecule has 2 aromatic rings. The molecular weight excluding hydrogens is 328 g/mol. The van der Waals surface area contributed by atoms with Crippen molar-refractivity contribution < 1.29 is 13.6 Å². The van der Waals surface area contributed by atoms with Gasteiger partial charge < -0.3 is 5.32 Å². The third-order valence-electron chi connectivity index (χ3n) is 2.74. The Morgan fingerprint density at radius 1 is 1.00 bits per heavy atom. The van der Waals surface area contributed by atoms with Gasteiger partial charge in [-0.3, -0.25) is 4.79 Å². The van der Waals surface area contributed by atoms with Gasteiger partial charge in [0.1, 0.15) is 0 Å². The van der Waals surface area contributed by atoms with E-state index in [-0.39, 0.29) is 12.3 Å². The van der Waals surface area contributed by atoms with E-state index in [4.69, 9.17) is 0 Å². The molecular formula is C15H12BrF2NO. The van der Waals surface area contributed by atoms with Crippen molar-refractivity contribution >= 4 is 27.5 Å². The van der Waals surface area contributed by atoms with Crippen LogP contribution in [0.2, 0.25) is 0 Å². The molecule has 0 fully saturated rings. The first kappa shape index (κ1) is 14.7. The highest BCUT2D eigenvalue weighted by molar-refractivity contribution is 9.08. The monoisotopic (exact) mass is 339 g/mol. The van der Waals surface area contributed by atoms with Crippen molar-refractivity contribution in [2.24, 2.45) is 0 Å². The Hall–Kier alpha value is -1.75. The van der Waals surface area contributed by atoms with Gasteiger partial charge in [-0.2, -0.15) is 0 Å². The van der Waals surface area contributed by atoms with Crippen LogP contribution in [0.15, 0.2) is 42.5 Å². The Balaban J connectivity index is 1.99. The van der Waals surface area contributed by atoms with E-state index in [0.717, 1.165) is 23.0 Å². The van der Waals surface area contributed by atoms with E-state index in [2.05, 4.69) is 21.2 Å². The summed E-state index contributed by atoms with van der Waals surface area (Å²) in [5.74, 6) is -2.14. The summed E-state index contributed by atoms with van der Waals surface area (Å²) in [6.07, 6.45) is -0.00258. The van der Waals surface area contributed by atoms with E-state index >= 15 is 0 Å². The van der Waals surface area contributed by atoms with Gasteiger partial charge in [-0.25, -0.2) is 8.78 Å². The van der Waals surface area contributed by atoms with Crippen LogP contribution in [0.1, 0.15) is 11.1 Å². The van der Waals surface area contributed by atoms with Crippen molar-refractivity contribution in [1.82, 2.24) is 0 Å². The average molecular weight is 340 g/mol. The normalized spacial score (nSPS) is 10.3. The molecule has 2 aromatic carbocycles. The number of alkyl halides is 1. The first-order valence-corrected chi connectivity index (χ1v) is 7.09. The predicted octanol–water partition coefficient (Wildman–Crippen LogP) is 4.04. The smallest absolute Gasteiger partial charge is 0.228 e. The maximum atomic E-state index is 13.0. The number of rotatable bonds is 4. The molecule has 0 spiro atoms. The third-order valence-corrected chi connectivity index (χ3v) is 3.39. The zero-order chi connectivity index (χ0) is 14.5. The average Bonchev–Trinajstić information content (AvgIpc) is 2.44. The molecule has 0 heterocycles. The van der Waals surface area contributed by atoms with Gasteiger partial charge in [0.05, 0.1) is 6.42 Å². The molecule has 0 aliphatic carbocycles. The number of hydrogen-bond donors (Lipinski definition) is 1. The lowest BCUT2D eigenvalue weighted by Gasteiger charge is -2.06. The zero-order valence-corrected chi connectivity index (χ0v) is 12.1. The van der Waals surface area contributed by atoms with Crippen LogP contribution in [-0.2, 0) is 16.5 Å². The van der Waals surface area contributed by atoms with Gasteiger partial charge in [0.2, 0.25) is 5.91 Å². The molecule has 1 N–H and O–H groups in total. The molecule has 0 atom stereocenters. The molecule has 104 valence electrons. The van der Waals surface area contributed by atoms with Crippen LogP contribution in [0.25, 0.3) is 0 Å². The Kier molecular flexibility index (Phi) is 4.84. The quantitative estimate of drug-likeness (QED) is 0.837. The van der Waals surface area contributed by atoms with E-state index < -0.39 is 11.6 Å². The van der Waals surface area contributed by atoms with Crippen molar-refractivity contribution in [3.05, 3.63) is 65.2 Å². The van der Waals surface area contributed by atoms with Gasteiger partial charge in [0.15, 0.2) is 11.6 Å². The van der Waals surface area contributed by atoms with E-state index in [1.54, 1.807) is 12.1 Å². The van der Waals surface area contributed by atoms with Crippen LogP contribution in [-0.4, -0.2) is 5.91 Å². The molecule has 0 bridgehead atoms. The van der Waals surface area contributed by atoms with Crippen LogP contribution in [0.4, 0.5) is 14.5 Å². The fourth-order valence-corrected chi connectivity index (χ4v) is 2.09. The second-order valence-electron chi connectivity index (χ2n) is 4.30. The SMILES string of the molecule is O=C(Cc1ccc(F)c(F)c1)Nc1ccc(CBr)cc1. The lowest BCUT2D eigenvalue weighted by molar-refractivity contribution is -0.115. The molecule has 0 aliphatic rings. The number of hydrogen-bond acceptors (Lipinski definition) is 1. The van der Waals surface area contributed by atoms with Crippen LogP contribution in [0.3, 0.4) is 0 Å². The summed E-state index contributed by atoms with van der Waals surface area (Å²) < 4.78 is 25.8. The minimum atomic E-state index is -0.947. The number of amides is 1. The Morgan fingerprint density at radius 3 is 2.25 bits per heavy atom. The predicted molar refractivity (Wildman–Crippen MR) is 77.8 cm³/mol. The molecule has 0 saturated heterocycles. The fraction of sp³-hybridized carbons (Fsp3) is 0.133. The minimum absolute atomic E-state index is 0.00258. The number of benzene rings is 2. The highest BCUT2D eigenvalue weighted by Gasteiger charge is 2.07. The molecule has 5 heteroatoms. The number of nitrogens with one attached hydrogen (secondary N) is 1. The van der Waals surface area contributed by atoms with Gasteiger partial charge in [-0.15, -0.1) is 0 Å². The fourth-order valence-electron chi connectivity index (χ4n) is 1.72. The highest BCUT2D eigenvalue weighted by Crippen LogP contribution is 2.13. The van der Waals surface area contributed by atoms with E-state index in [0.29, 0.717) is 11.3 Å². The van der Waals surface area contributed by atoms with Gasteiger partial charge in [-0.1, -0.05) is 34.1 Å². The molecule has 0 saturated carbocycles. The summed E-state index contributed by atoms with van der Waals surface area (Å²) in [4.78, 5) is 11.8. The minimum Gasteiger partial charge on any atom is -0.326 e. The van der Waals surface area contributed by atoms with E-state index in [9.17, 15) is 13.6 Å². The number of anilines is 1. The maximum absolute atomic E-state index is 13.0. The molecule has 0 unspecified atom stereocenters. The number of carbonyl (C=O) groups is 1. The van der Waals surface area contributed by atoms with Crippen LogP contribution < -0.4 is 5.32 Å². The summed E-state index contributed by atoms with van der Waals surface area (Å²) >= 11 is 3.34. The Labute approximate surface area is 123 Å². The first-order chi connectivity index (χ1) is 9.58. The van der Waals surface area contributed by atoms with Gasteiger partial charge >= 0.3 is 0 Å². The molecule has 2 nitrogen and oxygen atoms in total. The van der Waals surface area contributed by atoms with Gasteiger partial charge in [0, 0.05) is 11.0 Å². The van der Waals surface area contributed by atoms with Crippen LogP contribution in [0, 0.1) is 11.6 Å². The molecule has 0 radical (unpaired) electrons. The van der Waals surface area contributed by atoms with E-state index in [1.165, 1.54) is 6.07 Å². The van der Waals surface area contributed by atoms with Crippen molar-refractivity contribution in [1.29, 1.82) is 0 Å².